The van der Waals surface area contributed by atoms with Crippen molar-refractivity contribution in [2.24, 2.45) is 0 Å². The second kappa shape index (κ2) is 6.29. The molecule has 1 atom stereocenters. The number of halogens is 1. The number of hydrogen-bond acceptors (Lipinski definition) is 5. The number of aliphatic hydroxyl groups is 1. The largest absolute Gasteiger partial charge is 0.395 e. The van der Waals surface area contributed by atoms with Crippen LogP contribution in [0.25, 0.3) is 10.9 Å². The zero-order valence-electron chi connectivity index (χ0n) is 15.3. The Kier molecular flexibility index (Phi) is 4.54. The summed E-state index contributed by atoms with van der Waals surface area (Å²) < 4.78 is 27.5. The molecule has 7 nitrogen and oxygen atoms in total. The number of nitro groups is 1. The fraction of sp³-hybridized carbons (Fsp3) is 0.556. The van der Waals surface area contributed by atoms with Gasteiger partial charge in [-0.3, -0.25) is 10.1 Å². The number of ether oxygens (including phenoxy) is 2. The summed E-state index contributed by atoms with van der Waals surface area (Å²) >= 11 is 0. The van der Waals surface area contributed by atoms with Crippen LogP contribution >= 0.6 is 0 Å². The molecule has 1 unspecified atom stereocenters. The van der Waals surface area contributed by atoms with Crippen LogP contribution < -0.4 is 0 Å². The minimum absolute atomic E-state index is 0.124. The van der Waals surface area contributed by atoms with Crippen LogP contribution in [0.4, 0.5) is 10.1 Å². The first-order valence-electron chi connectivity index (χ1n) is 8.44. The number of nitro benzene ring substituents is 1. The van der Waals surface area contributed by atoms with Crippen molar-refractivity contribution < 1.29 is 23.9 Å². The Labute approximate surface area is 150 Å². The van der Waals surface area contributed by atoms with Crippen LogP contribution in [-0.2, 0) is 21.4 Å². The zero-order valence-corrected chi connectivity index (χ0v) is 15.3. The molecule has 1 saturated heterocycles. The monoisotopic (exact) mass is 366 g/mol. The summed E-state index contributed by atoms with van der Waals surface area (Å²) in [5, 5.41) is 21.4. The van der Waals surface area contributed by atoms with E-state index in [2.05, 4.69) is 0 Å². The van der Waals surface area contributed by atoms with Crippen LogP contribution in [0.15, 0.2) is 18.2 Å². The summed E-state index contributed by atoms with van der Waals surface area (Å²) in [5.74, 6) is -1.58. The lowest BCUT2D eigenvalue weighted by atomic mass is 9.90. The number of aliphatic hydroxyl groups excluding tert-OH is 1. The highest BCUT2D eigenvalue weighted by Gasteiger charge is 2.35. The van der Waals surface area contributed by atoms with Crippen molar-refractivity contribution in [1.29, 1.82) is 0 Å². The summed E-state index contributed by atoms with van der Waals surface area (Å²) in [6.07, 6.45) is -0.243. The third-order valence-corrected chi connectivity index (χ3v) is 4.71. The van der Waals surface area contributed by atoms with Gasteiger partial charge in [-0.15, -0.1) is 0 Å². The van der Waals surface area contributed by atoms with Gasteiger partial charge in [-0.05, 0) is 19.9 Å². The van der Waals surface area contributed by atoms with E-state index < -0.39 is 27.6 Å². The summed E-state index contributed by atoms with van der Waals surface area (Å²) in [6, 6.07) is 4.17. The van der Waals surface area contributed by atoms with E-state index >= 15 is 0 Å². The molecule has 0 radical (unpaired) electrons. The van der Waals surface area contributed by atoms with E-state index in [1.165, 1.54) is 12.1 Å². The van der Waals surface area contributed by atoms with Crippen molar-refractivity contribution in [3.05, 3.63) is 39.8 Å². The van der Waals surface area contributed by atoms with Gasteiger partial charge >= 0.3 is 5.69 Å². The molecule has 1 fully saturated rings. The Balaban J connectivity index is 2.13. The molecule has 0 amide bonds. The smallest absolute Gasteiger partial charge is 0.305 e. The first kappa shape index (κ1) is 18.8. The molecular weight excluding hydrogens is 343 g/mol. The van der Waals surface area contributed by atoms with E-state index in [-0.39, 0.29) is 12.7 Å². The number of nitrogens with zero attached hydrogens (tertiary/aromatic N) is 2. The van der Waals surface area contributed by atoms with Crippen LogP contribution in [0.5, 0.6) is 0 Å². The van der Waals surface area contributed by atoms with Crippen molar-refractivity contribution in [3.63, 3.8) is 0 Å². The SMILES string of the molecule is CC1(C)OCC(Cn2c(C(C)(C)CO)cc3cc([N+](=O)[O-])c(F)cc32)O1. The number of fused-ring (bicyclic) bond motifs is 1. The maximum absolute atomic E-state index is 14.2. The van der Waals surface area contributed by atoms with Gasteiger partial charge < -0.3 is 19.1 Å². The first-order chi connectivity index (χ1) is 12.0. The van der Waals surface area contributed by atoms with Crippen molar-refractivity contribution in [2.75, 3.05) is 13.2 Å². The average molecular weight is 366 g/mol. The minimum Gasteiger partial charge on any atom is -0.395 e. The molecule has 3 rings (SSSR count). The molecule has 0 spiro atoms. The average Bonchev–Trinajstić information content (AvgIpc) is 3.07. The van der Waals surface area contributed by atoms with Gasteiger partial charge in [0.1, 0.15) is 6.10 Å². The van der Waals surface area contributed by atoms with Crippen molar-refractivity contribution in [2.45, 2.75) is 51.5 Å². The van der Waals surface area contributed by atoms with Gasteiger partial charge in [0.15, 0.2) is 5.79 Å². The second-order valence-electron chi connectivity index (χ2n) is 7.75. The van der Waals surface area contributed by atoms with Gasteiger partial charge in [0.05, 0.1) is 30.2 Å². The molecular formula is C18H23FN2O5. The molecule has 2 heterocycles. The Bertz CT molecular complexity index is 859. The van der Waals surface area contributed by atoms with Crippen LogP contribution in [0.2, 0.25) is 0 Å². The fourth-order valence-electron chi connectivity index (χ4n) is 3.31. The van der Waals surface area contributed by atoms with E-state index in [9.17, 15) is 19.6 Å². The van der Waals surface area contributed by atoms with E-state index in [1.54, 1.807) is 6.07 Å². The third kappa shape index (κ3) is 3.32. The normalized spacial score (nSPS) is 20.0. The molecule has 1 aromatic heterocycles. The van der Waals surface area contributed by atoms with Crippen molar-refractivity contribution in [1.82, 2.24) is 4.57 Å². The van der Waals surface area contributed by atoms with Crippen LogP contribution in [0, 0.1) is 15.9 Å². The number of rotatable bonds is 5. The second-order valence-corrected chi connectivity index (χ2v) is 7.75. The minimum atomic E-state index is -0.890. The molecule has 1 aliphatic heterocycles. The van der Waals surface area contributed by atoms with E-state index in [1.807, 2.05) is 32.3 Å². The number of aromatic nitrogens is 1. The molecule has 0 saturated carbocycles. The molecule has 2 aromatic rings. The summed E-state index contributed by atoms with van der Waals surface area (Å²) in [7, 11) is 0. The van der Waals surface area contributed by atoms with Gasteiger partial charge in [0, 0.05) is 28.6 Å². The maximum atomic E-state index is 14.2. The van der Waals surface area contributed by atoms with Crippen LogP contribution in [-0.4, -0.2) is 39.7 Å². The maximum Gasteiger partial charge on any atom is 0.305 e. The Morgan fingerprint density at radius 3 is 2.65 bits per heavy atom. The number of benzene rings is 1. The summed E-state index contributed by atoms with van der Waals surface area (Å²) in [5.41, 5.74) is 0.102. The molecule has 0 aliphatic carbocycles. The topological polar surface area (TPSA) is 86.8 Å². The van der Waals surface area contributed by atoms with Gasteiger partial charge in [0.25, 0.3) is 0 Å². The third-order valence-electron chi connectivity index (χ3n) is 4.71. The highest BCUT2D eigenvalue weighted by atomic mass is 19.1. The molecule has 142 valence electrons. The van der Waals surface area contributed by atoms with E-state index in [4.69, 9.17) is 9.47 Å². The number of hydrogen-bond donors (Lipinski definition) is 1. The fourth-order valence-corrected chi connectivity index (χ4v) is 3.31. The van der Waals surface area contributed by atoms with Gasteiger partial charge in [0.2, 0.25) is 5.82 Å². The molecule has 1 aromatic carbocycles. The quantitative estimate of drug-likeness (QED) is 0.649. The lowest BCUT2D eigenvalue weighted by molar-refractivity contribution is -0.387. The Morgan fingerprint density at radius 1 is 1.42 bits per heavy atom. The molecule has 0 bridgehead atoms. The standard InChI is InChI=1S/C18H23FN2O5/c1-17(2,10-22)16-6-11-5-15(21(23)24)13(19)7-14(11)20(16)8-12-9-25-18(3,4)26-12/h5-7,12,22H,8-10H2,1-4H3. The molecule has 8 heteroatoms. The van der Waals surface area contributed by atoms with Gasteiger partial charge in [-0.1, -0.05) is 13.8 Å². The van der Waals surface area contributed by atoms with E-state index in [0.29, 0.717) is 24.1 Å². The van der Waals surface area contributed by atoms with Crippen LogP contribution in [0.3, 0.4) is 0 Å². The van der Waals surface area contributed by atoms with Gasteiger partial charge in [-0.2, -0.15) is 4.39 Å². The summed E-state index contributed by atoms with van der Waals surface area (Å²) in [6.45, 7) is 8.02. The highest BCUT2D eigenvalue weighted by molar-refractivity contribution is 5.84. The zero-order chi connectivity index (χ0) is 19.3. The van der Waals surface area contributed by atoms with Crippen molar-refractivity contribution in [3.8, 4) is 0 Å². The van der Waals surface area contributed by atoms with Crippen molar-refractivity contribution >= 4 is 16.6 Å². The van der Waals surface area contributed by atoms with E-state index in [0.717, 1.165) is 5.69 Å². The Hall–Kier alpha value is -2.03. The lowest BCUT2D eigenvalue weighted by Gasteiger charge is -2.26. The lowest BCUT2D eigenvalue weighted by Crippen LogP contribution is -2.29. The summed E-state index contributed by atoms with van der Waals surface area (Å²) in [4.78, 5) is 10.3. The van der Waals surface area contributed by atoms with Gasteiger partial charge in [-0.25, -0.2) is 0 Å². The molecule has 1 N–H and O–H groups in total. The molecule has 1 aliphatic rings. The predicted octanol–water partition coefficient (Wildman–Crippen LogP) is 3.11. The highest BCUT2D eigenvalue weighted by Crippen LogP contribution is 2.34. The predicted molar refractivity (Wildman–Crippen MR) is 93.6 cm³/mol. The molecule has 26 heavy (non-hydrogen) atoms. The Morgan fingerprint density at radius 2 is 2.12 bits per heavy atom. The van der Waals surface area contributed by atoms with Crippen LogP contribution in [0.1, 0.15) is 33.4 Å². The first-order valence-corrected chi connectivity index (χ1v) is 8.44.